The minimum absolute atomic E-state index is 0.0314. The largest absolute Gasteiger partial charge is 0.340 e. The van der Waals surface area contributed by atoms with Gasteiger partial charge < -0.3 is 4.90 Å². The molecule has 0 aliphatic carbocycles. The Bertz CT molecular complexity index is 1150. The van der Waals surface area contributed by atoms with Crippen LogP contribution in [0.25, 0.3) is 5.69 Å². The summed E-state index contributed by atoms with van der Waals surface area (Å²) < 4.78 is 29.1. The van der Waals surface area contributed by atoms with E-state index in [0.717, 1.165) is 43.0 Å². The third-order valence-electron chi connectivity index (χ3n) is 6.37. The summed E-state index contributed by atoms with van der Waals surface area (Å²) in [5.74, 6) is 0.0324. The van der Waals surface area contributed by atoms with Gasteiger partial charge in [0.05, 0.1) is 11.3 Å². The van der Waals surface area contributed by atoms with Gasteiger partial charge in [0.1, 0.15) is 11.6 Å². The Morgan fingerprint density at radius 3 is 2.43 bits per heavy atom. The molecule has 186 valence electrons. The number of rotatable bonds is 8. The van der Waals surface area contributed by atoms with Crippen LogP contribution in [-0.4, -0.2) is 55.9 Å². The van der Waals surface area contributed by atoms with Crippen LogP contribution in [0.1, 0.15) is 50.5 Å². The van der Waals surface area contributed by atoms with Gasteiger partial charge in [0, 0.05) is 19.3 Å². The van der Waals surface area contributed by atoms with E-state index in [2.05, 4.69) is 22.0 Å². The van der Waals surface area contributed by atoms with Crippen LogP contribution in [0, 0.1) is 11.6 Å². The monoisotopic (exact) mass is 499 g/mol. The molecule has 2 aromatic carbocycles. The Labute approximate surface area is 209 Å². The van der Waals surface area contributed by atoms with Crippen molar-refractivity contribution in [2.45, 2.75) is 56.1 Å². The van der Waals surface area contributed by atoms with Gasteiger partial charge in [-0.15, -0.1) is 10.2 Å². The Hall–Kier alpha value is -2.78. The maximum Gasteiger partial charge on any atom is 0.235 e. The lowest BCUT2D eigenvalue weighted by Crippen LogP contribution is -2.34. The first-order chi connectivity index (χ1) is 16.8. The number of hydrogen-bond acceptors (Lipinski definition) is 5. The highest BCUT2D eigenvalue weighted by Crippen LogP contribution is 2.31. The van der Waals surface area contributed by atoms with E-state index in [0.29, 0.717) is 11.7 Å². The molecule has 1 aliphatic heterocycles. The predicted octanol–water partition coefficient (Wildman–Crippen LogP) is 5.23. The highest BCUT2D eigenvalue weighted by molar-refractivity contribution is 8.00. The van der Waals surface area contributed by atoms with Crippen LogP contribution in [0.5, 0.6) is 0 Å². The second kappa shape index (κ2) is 11.3. The summed E-state index contributed by atoms with van der Waals surface area (Å²) in [6.07, 6.45) is 3.54. The van der Waals surface area contributed by atoms with Crippen molar-refractivity contribution in [2.24, 2.45) is 0 Å². The zero-order valence-corrected chi connectivity index (χ0v) is 21.1. The number of hydrogen-bond donors (Lipinski definition) is 0. The van der Waals surface area contributed by atoms with Gasteiger partial charge in [-0.1, -0.05) is 30.3 Å². The molecule has 1 saturated heterocycles. The Morgan fingerprint density at radius 1 is 1.03 bits per heavy atom. The van der Waals surface area contributed by atoms with E-state index in [1.807, 2.05) is 11.5 Å². The Balaban J connectivity index is 1.56. The fraction of sp³-hybridized carbons (Fsp3) is 0.423. The number of carbonyl (C=O) groups is 1. The molecule has 1 aliphatic rings. The van der Waals surface area contributed by atoms with Crippen molar-refractivity contribution >= 4 is 17.7 Å². The zero-order valence-electron chi connectivity index (χ0n) is 20.3. The number of thioether (sulfide) groups is 1. The summed E-state index contributed by atoms with van der Waals surface area (Å²) in [6, 6.07) is 12.5. The topological polar surface area (TPSA) is 54.3 Å². The Kier molecular flexibility index (Phi) is 8.18. The molecule has 4 rings (SSSR count). The second-order valence-corrected chi connectivity index (χ2v) is 10.3. The zero-order chi connectivity index (χ0) is 24.9. The minimum atomic E-state index is -0.449. The second-order valence-electron chi connectivity index (χ2n) is 9.01. The SMILES string of the molecule is C[C@H](Sc1nnc([C@H](C)N2CCCCC2)n1-c1ccc(F)cc1)C(=O)N(C)Cc1cccc(F)c1. The fourth-order valence-electron chi connectivity index (χ4n) is 4.44. The summed E-state index contributed by atoms with van der Waals surface area (Å²) in [7, 11) is 1.71. The van der Waals surface area contributed by atoms with Crippen molar-refractivity contribution in [3.05, 3.63) is 71.6 Å². The van der Waals surface area contributed by atoms with Crippen LogP contribution in [0.2, 0.25) is 0 Å². The van der Waals surface area contributed by atoms with E-state index < -0.39 is 5.25 Å². The smallest absolute Gasteiger partial charge is 0.235 e. The van der Waals surface area contributed by atoms with Crippen molar-refractivity contribution in [3.63, 3.8) is 0 Å². The summed E-state index contributed by atoms with van der Waals surface area (Å²) in [5.41, 5.74) is 1.48. The number of likely N-dealkylation sites (tertiary alicyclic amines) is 1. The number of amides is 1. The molecule has 3 aromatic rings. The van der Waals surface area contributed by atoms with E-state index >= 15 is 0 Å². The number of carbonyl (C=O) groups excluding carboxylic acids is 1. The van der Waals surface area contributed by atoms with Crippen LogP contribution in [0.15, 0.2) is 53.7 Å². The predicted molar refractivity (Wildman–Crippen MR) is 133 cm³/mol. The minimum Gasteiger partial charge on any atom is -0.340 e. The maximum atomic E-state index is 13.7. The van der Waals surface area contributed by atoms with Gasteiger partial charge in [0.25, 0.3) is 0 Å². The molecule has 2 atom stereocenters. The summed E-state index contributed by atoms with van der Waals surface area (Å²) in [4.78, 5) is 17.1. The third kappa shape index (κ3) is 6.08. The molecule has 0 unspecified atom stereocenters. The molecule has 35 heavy (non-hydrogen) atoms. The van der Waals surface area contributed by atoms with Crippen molar-refractivity contribution < 1.29 is 13.6 Å². The number of halogens is 2. The van der Waals surface area contributed by atoms with Gasteiger partial charge in [-0.2, -0.15) is 0 Å². The molecule has 1 amide bonds. The normalized spacial score (nSPS) is 16.1. The van der Waals surface area contributed by atoms with Gasteiger partial charge in [-0.05, 0) is 81.7 Å². The standard InChI is InChI=1S/C26H31F2N5OS/c1-18(32-14-5-4-6-15-32)24-29-30-26(33(24)23-12-10-21(27)11-13-23)35-19(2)25(34)31(3)17-20-8-7-9-22(28)16-20/h7-13,16,18-19H,4-6,14-15,17H2,1-3H3/t18-,19-/m0/s1. The molecule has 0 saturated carbocycles. The number of nitrogens with zero attached hydrogens (tertiary/aromatic N) is 5. The van der Waals surface area contributed by atoms with Crippen LogP contribution in [0.3, 0.4) is 0 Å². The van der Waals surface area contributed by atoms with E-state index in [1.165, 1.54) is 42.4 Å². The molecule has 0 radical (unpaired) electrons. The van der Waals surface area contributed by atoms with Gasteiger partial charge in [-0.25, -0.2) is 8.78 Å². The van der Waals surface area contributed by atoms with Gasteiger partial charge in [0.15, 0.2) is 11.0 Å². The van der Waals surface area contributed by atoms with Crippen molar-refractivity contribution in [3.8, 4) is 5.69 Å². The average Bonchev–Trinajstić information content (AvgIpc) is 3.27. The number of benzene rings is 2. The highest BCUT2D eigenvalue weighted by Gasteiger charge is 2.28. The molecule has 1 aromatic heterocycles. The molecular formula is C26H31F2N5OS. The van der Waals surface area contributed by atoms with E-state index in [4.69, 9.17) is 0 Å². The summed E-state index contributed by atoms with van der Waals surface area (Å²) in [6.45, 7) is 6.25. The molecule has 0 bridgehead atoms. The van der Waals surface area contributed by atoms with Crippen LogP contribution < -0.4 is 0 Å². The Morgan fingerprint density at radius 2 is 1.74 bits per heavy atom. The van der Waals surface area contributed by atoms with Crippen molar-refractivity contribution in [2.75, 3.05) is 20.1 Å². The van der Waals surface area contributed by atoms with Crippen LogP contribution in [-0.2, 0) is 11.3 Å². The molecule has 0 spiro atoms. The number of piperidine rings is 1. The molecule has 1 fully saturated rings. The van der Waals surface area contributed by atoms with Crippen molar-refractivity contribution in [1.29, 1.82) is 0 Å². The van der Waals surface area contributed by atoms with Gasteiger partial charge >= 0.3 is 0 Å². The molecule has 0 N–H and O–H groups in total. The first kappa shape index (κ1) is 25.3. The first-order valence-electron chi connectivity index (χ1n) is 11.9. The lowest BCUT2D eigenvalue weighted by molar-refractivity contribution is -0.129. The molecule has 9 heteroatoms. The number of aromatic nitrogens is 3. The van der Waals surface area contributed by atoms with Gasteiger partial charge in [-0.3, -0.25) is 14.3 Å². The maximum absolute atomic E-state index is 13.7. The lowest BCUT2D eigenvalue weighted by atomic mass is 10.1. The molecule has 2 heterocycles. The summed E-state index contributed by atoms with van der Waals surface area (Å²) >= 11 is 1.32. The average molecular weight is 500 g/mol. The molecule has 6 nitrogen and oxygen atoms in total. The lowest BCUT2D eigenvalue weighted by Gasteiger charge is -2.32. The van der Waals surface area contributed by atoms with Gasteiger partial charge in [0.2, 0.25) is 5.91 Å². The van der Waals surface area contributed by atoms with Crippen molar-refractivity contribution in [1.82, 2.24) is 24.6 Å². The fourth-order valence-corrected chi connectivity index (χ4v) is 5.43. The highest BCUT2D eigenvalue weighted by atomic mass is 32.2. The van der Waals surface area contributed by atoms with E-state index in [1.54, 1.807) is 36.2 Å². The van der Waals surface area contributed by atoms with E-state index in [9.17, 15) is 13.6 Å². The third-order valence-corrected chi connectivity index (χ3v) is 7.40. The van der Waals surface area contributed by atoms with E-state index in [-0.39, 0.29) is 23.6 Å². The quantitative estimate of drug-likeness (QED) is 0.397. The molecular weight excluding hydrogens is 468 g/mol. The van der Waals surface area contributed by atoms with Crippen LogP contribution in [0.4, 0.5) is 8.78 Å². The van der Waals surface area contributed by atoms with Crippen LogP contribution >= 0.6 is 11.8 Å². The summed E-state index contributed by atoms with van der Waals surface area (Å²) in [5, 5.41) is 9.09. The first-order valence-corrected chi connectivity index (χ1v) is 12.8.